The molecule has 0 amide bonds. The van der Waals surface area contributed by atoms with Gasteiger partial charge in [-0.05, 0) is 18.2 Å². The van der Waals surface area contributed by atoms with E-state index in [-0.39, 0.29) is 11.4 Å². The second-order valence-corrected chi connectivity index (χ2v) is 4.55. The van der Waals surface area contributed by atoms with E-state index in [1.807, 2.05) is 0 Å². The van der Waals surface area contributed by atoms with Crippen LogP contribution in [0.2, 0.25) is 0 Å². The molecular weight excluding hydrogens is 273 g/mol. The molecule has 0 radical (unpaired) electrons. The maximum atomic E-state index is 12.7. The molecule has 0 aliphatic carbocycles. The molecule has 0 unspecified atom stereocenters. The van der Waals surface area contributed by atoms with Crippen LogP contribution in [0.3, 0.4) is 0 Å². The predicted octanol–water partition coefficient (Wildman–Crippen LogP) is 2.00. The summed E-state index contributed by atoms with van der Waals surface area (Å²) >= 11 is 0. The number of halogens is 3. The summed E-state index contributed by atoms with van der Waals surface area (Å²) in [5.74, 6) is 0.180. The summed E-state index contributed by atoms with van der Waals surface area (Å²) in [6, 6.07) is 3.60. The van der Waals surface area contributed by atoms with E-state index in [0.717, 1.165) is 19.2 Å². The molecule has 1 heterocycles. The largest absolute Gasteiger partial charge is 0.492 e. The standard InChI is InChI=1S/C13H17F3N2O2/c14-13(15,16)11-9-10(1-2-12(11)17)20-8-5-18-3-6-19-7-4-18/h1-2,9H,3-8,17H2. The van der Waals surface area contributed by atoms with E-state index in [4.69, 9.17) is 15.2 Å². The fourth-order valence-corrected chi connectivity index (χ4v) is 1.99. The van der Waals surface area contributed by atoms with Crippen LogP contribution in [0.1, 0.15) is 5.56 Å². The Hall–Kier alpha value is -1.47. The molecule has 0 atom stereocenters. The highest BCUT2D eigenvalue weighted by atomic mass is 19.4. The van der Waals surface area contributed by atoms with Gasteiger partial charge in [0.15, 0.2) is 0 Å². The number of rotatable bonds is 4. The second-order valence-electron chi connectivity index (χ2n) is 4.55. The highest BCUT2D eigenvalue weighted by Crippen LogP contribution is 2.35. The van der Waals surface area contributed by atoms with Gasteiger partial charge >= 0.3 is 6.18 Å². The van der Waals surface area contributed by atoms with Crippen LogP contribution in [-0.2, 0) is 10.9 Å². The van der Waals surface area contributed by atoms with E-state index in [9.17, 15) is 13.2 Å². The third kappa shape index (κ3) is 4.01. The number of hydrogen-bond acceptors (Lipinski definition) is 4. The van der Waals surface area contributed by atoms with E-state index in [1.54, 1.807) is 0 Å². The van der Waals surface area contributed by atoms with Crippen molar-refractivity contribution in [1.29, 1.82) is 0 Å². The Kier molecular flexibility index (Phi) is 4.72. The first-order chi connectivity index (χ1) is 9.47. The van der Waals surface area contributed by atoms with Crippen LogP contribution in [-0.4, -0.2) is 44.4 Å². The molecule has 1 aliphatic heterocycles. The molecule has 0 aromatic heterocycles. The van der Waals surface area contributed by atoms with Gasteiger partial charge < -0.3 is 15.2 Å². The summed E-state index contributed by atoms with van der Waals surface area (Å²) < 4.78 is 48.6. The summed E-state index contributed by atoms with van der Waals surface area (Å²) in [5, 5.41) is 0. The average Bonchev–Trinajstić information content (AvgIpc) is 2.40. The molecule has 0 spiro atoms. The first-order valence-electron chi connectivity index (χ1n) is 6.36. The fourth-order valence-electron chi connectivity index (χ4n) is 1.99. The van der Waals surface area contributed by atoms with E-state index < -0.39 is 11.7 Å². The van der Waals surface area contributed by atoms with Gasteiger partial charge in [-0.15, -0.1) is 0 Å². The number of nitrogens with zero attached hydrogens (tertiary/aromatic N) is 1. The molecule has 0 saturated carbocycles. The first kappa shape index (κ1) is 14.9. The SMILES string of the molecule is Nc1ccc(OCCN2CCOCC2)cc1C(F)(F)F. The number of hydrogen-bond donors (Lipinski definition) is 1. The first-order valence-corrected chi connectivity index (χ1v) is 6.36. The Labute approximate surface area is 115 Å². The van der Waals surface area contributed by atoms with Crippen molar-refractivity contribution >= 4 is 5.69 Å². The topological polar surface area (TPSA) is 47.7 Å². The lowest BCUT2D eigenvalue weighted by Gasteiger charge is -2.26. The number of benzene rings is 1. The van der Waals surface area contributed by atoms with Crippen molar-refractivity contribution < 1.29 is 22.6 Å². The van der Waals surface area contributed by atoms with Crippen molar-refractivity contribution in [3.63, 3.8) is 0 Å². The van der Waals surface area contributed by atoms with Crippen molar-refractivity contribution in [2.24, 2.45) is 0 Å². The fraction of sp³-hybridized carbons (Fsp3) is 0.538. The zero-order valence-electron chi connectivity index (χ0n) is 10.9. The van der Waals surface area contributed by atoms with Crippen LogP contribution in [0.4, 0.5) is 18.9 Å². The summed E-state index contributed by atoms with van der Waals surface area (Å²) in [4.78, 5) is 2.14. The number of alkyl halides is 3. The minimum atomic E-state index is -4.46. The van der Waals surface area contributed by atoms with Crippen molar-refractivity contribution in [2.75, 3.05) is 45.2 Å². The van der Waals surface area contributed by atoms with E-state index >= 15 is 0 Å². The van der Waals surface area contributed by atoms with Gasteiger partial charge in [0.2, 0.25) is 0 Å². The van der Waals surface area contributed by atoms with Crippen LogP contribution in [0.15, 0.2) is 18.2 Å². The quantitative estimate of drug-likeness (QED) is 0.862. The summed E-state index contributed by atoms with van der Waals surface area (Å²) in [7, 11) is 0. The molecule has 2 rings (SSSR count). The maximum Gasteiger partial charge on any atom is 0.418 e. The summed E-state index contributed by atoms with van der Waals surface area (Å²) in [6.07, 6.45) is -4.46. The van der Waals surface area contributed by atoms with Gasteiger partial charge in [-0.25, -0.2) is 0 Å². The maximum absolute atomic E-state index is 12.7. The number of anilines is 1. The Morgan fingerprint density at radius 2 is 1.95 bits per heavy atom. The van der Waals surface area contributed by atoms with Gasteiger partial charge in [0.05, 0.1) is 18.8 Å². The predicted molar refractivity (Wildman–Crippen MR) is 68.6 cm³/mol. The molecule has 112 valence electrons. The van der Waals surface area contributed by atoms with Gasteiger partial charge in [0.25, 0.3) is 0 Å². The van der Waals surface area contributed by atoms with Gasteiger partial charge in [0.1, 0.15) is 12.4 Å². The second kappa shape index (κ2) is 6.32. The summed E-state index contributed by atoms with van der Waals surface area (Å²) in [5.41, 5.74) is 4.17. The molecule has 20 heavy (non-hydrogen) atoms. The molecule has 2 N–H and O–H groups in total. The van der Waals surface area contributed by atoms with Gasteiger partial charge in [-0.1, -0.05) is 0 Å². The minimum Gasteiger partial charge on any atom is -0.492 e. The van der Waals surface area contributed by atoms with Crippen molar-refractivity contribution in [3.8, 4) is 5.75 Å². The number of morpholine rings is 1. The zero-order valence-corrected chi connectivity index (χ0v) is 10.9. The number of nitrogen functional groups attached to an aromatic ring is 1. The van der Waals surface area contributed by atoms with Crippen molar-refractivity contribution in [1.82, 2.24) is 4.90 Å². The number of nitrogens with two attached hydrogens (primary N) is 1. The number of ether oxygens (including phenoxy) is 2. The Morgan fingerprint density at radius 3 is 2.60 bits per heavy atom. The monoisotopic (exact) mass is 290 g/mol. The third-order valence-electron chi connectivity index (χ3n) is 3.11. The minimum absolute atomic E-state index is 0.180. The highest BCUT2D eigenvalue weighted by molar-refractivity contribution is 5.51. The third-order valence-corrected chi connectivity index (χ3v) is 3.11. The van der Waals surface area contributed by atoms with Crippen LogP contribution < -0.4 is 10.5 Å². The smallest absolute Gasteiger partial charge is 0.418 e. The normalized spacial score (nSPS) is 17.1. The van der Waals surface area contributed by atoms with Crippen LogP contribution in [0, 0.1) is 0 Å². The molecule has 1 fully saturated rings. The van der Waals surface area contributed by atoms with Gasteiger partial charge in [0, 0.05) is 25.3 Å². The van der Waals surface area contributed by atoms with Gasteiger partial charge in [-0.2, -0.15) is 13.2 Å². The van der Waals surface area contributed by atoms with Crippen LogP contribution in [0.25, 0.3) is 0 Å². The van der Waals surface area contributed by atoms with E-state index in [2.05, 4.69) is 4.90 Å². The Morgan fingerprint density at radius 1 is 1.25 bits per heavy atom. The molecule has 1 aromatic carbocycles. The van der Waals surface area contributed by atoms with E-state index in [0.29, 0.717) is 26.4 Å². The molecule has 1 aliphatic rings. The van der Waals surface area contributed by atoms with Crippen LogP contribution in [0.5, 0.6) is 5.75 Å². The Balaban J connectivity index is 1.89. The molecule has 7 heteroatoms. The molecule has 0 bridgehead atoms. The van der Waals surface area contributed by atoms with Crippen LogP contribution >= 0.6 is 0 Å². The van der Waals surface area contributed by atoms with E-state index in [1.165, 1.54) is 12.1 Å². The average molecular weight is 290 g/mol. The van der Waals surface area contributed by atoms with Crippen molar-refractivity contribution in [2.45, 2.75) is 6.18 Å². The Bertz CT molecular complexity index is 446. The van der Waals surface area contributed by atoms with Gasteiger partial charge in [-0.3, -0.25) is 4.90 Å². The lowest BCUT2D eigenvalue weighted by molar-refractivity contribution is -0.137. The highest BCUT2D eigenvalue weighted by Gasteiger charge is 2.33. The molecule has 1 saturated heterocycles. The molecular formula is C13H17F3N2O2. The zero-order chi connectivity index (χ0) is 14.6. The van der Waals surface area contributed by atoms with Crippen molar-refractivity contribution in [3.05, 3.63) is 23.8 Å². The lowest BCUT2D eigenvalue weighted by Crippen LogP contribution is -2.38. The molecule has 4 nitrogen and oxygen atoms in total. The lowest BCUT2D eigenvalue weighted by atomic mass is 10.1. The summed E-state index contributed by atoms with van der Waals surface area (Å²) in [6.45, 7) is 3.99. The molecule has 1 aromatic rings.